The summed E-state index contributed by atoms with van der Waals surface area (Å²) >= 11 is 0. The van der Waals surface area contributed by atoms with Crippen LogP contribution in [0, 0.1) is 13.8 Å². The molecule has 0 saturated heterocycles. The van der Waals surface area contributed by atoms with Crippen molar-refractivity contribution in [3.05, 3.63) is 47.5 Å². The molecule has 2 aromatic rings. The zero-order valence-electron chi connectivity index (χ0n) is 13.0. The molecule has 0 aliphatic rings. The number of rotatable bonds is 4. The monoisotopic (exact) mass is 318 g/mol. The summed E-state index contributed by atoms with van der Waals surface area (Å²) in [5.74, 6) is 0.879. The van der Waals surface area contributed by atoms with Crippen LogP contribution in [0.15, 0.2) is 46.2 Å². The lowest BCUT2D eigenvalue weighted by Crippen LogP contribution is -2.03. The second-order valence-corrected chi connectivity index (χ2v) is 6.40. The molecule has 1 unspecified atom stereocenters. The summed E-state index contributed by atoms with van der Waals surface area (Å²) in [6, 6.07) is 10.6. The number of carbonyl (C=O) groups excluding carboxylic acids is 1. The number of benzene rings is 2. The molecule has 0 radical (unpaired) electrons. The van der Waals surface area contributed by atoms with E-state index in [0.717, 1.165) is 16.9 Å². The highest BCUT2D eigenvalue weighted by molar-refractivity contribution is 7.85. The molecule has 4 nitrogen and oxygen atoms in total. The van der Waals surface area contributed by atoms with Gasteiger partial charge in [0.2, 0.25) is 0 Å². The van der Waals surface area contributed by atoms with Crippen molar-refractivity contribution in [1.29, 1.82) is 0 Å². The van der Waals surface area contributed by atoms with Crippen LogP contribution >= 0.6 is 0 Å². The normalized spacial score (nSPS) is 11.8. The average Bonchev–Trinajstić information content (AvgIpc) is 2.48. The summed E-state index contributed by atoms with van der Waals surface area (Å²) in [4.78, 5) is 12.4. The topological polar surface area (TPSA) is 52.6 Å². The first-order valence-electron chi connectivity index (χ1n) is 6.78. The molecule has 22 heavy (non-hydrogen) atoms. The Balaban J connectivity index is 2.31. The molecular weight excluding hydrogens is 300 g/mol. The Morgan fingerprint density at radius 3 is 1.86 bits per heavy atom. The molecule has 116 valence electrons. The van der Waals surface area contributed by atoms with Crippen molar-refractivity contribution in [1.82, 2.24) is 0 Å². The Bertz CT molecular complexity index is 737. The van der Waals surface area contributed by atoms with Gasteiger partial charge in [-0.15, -0.1) is 0 Å². The third-order valence-electron chi connectivity index (χ3n) is 3.19. The van der Waals surface area contributed by atoms with E-state index in [-0.39, 0.29) is 5.97 Å². The fraction of sp³-hybridized carbons (Fsp3) is 0.235. The van der Waals surface area contributed by atoms with Gasteiger partial charge in [-0.1, -0.05) is 0 Å². The highest BCUT2D eigenvalue weighted by Gasteiger charge is 2.12. The van der Waals surface area contributed by atoms with Crippen LogP contribution in [0.5, 0.6) is 11.5 Å². The van der Waals surface area contributed by atoms with Crippen LogP contribution in [0.4, 0.5) is 0 Å². The molecule has 0 aliphatic heterocycles. The highest BCUT2D eigenvalue weighted by atomic mass is 32.2. The standard InChI is InChI=1S/C17H18O4S/c1-11-9-14(5-7-16(11)20-4)22(19)15-6-8-17(12(2)10-15)21-13(3)18/h5-10H,1-4H3. The number of ether oxygens (including phenoxy) is 2. The second kappa shape index (κ2) is 6.75. The Kier molecular flexibility index (Phi) is 4.98. The molecule has 5 heteroatoms. The van der Waals surface area contributed by atoms with E-state index in [2.05, 4.69) is 0 Å². The van der Waals surface area contributed by atoms with Gasteiger partial charge in [0.1, 0.15) is 11.5 Å². The van der Waals surface area contributed by atoms with Crippen LogP contribution in [0.1, 0.15) is 18.1 Å². The van der Waals surface area contributed by atoms with E-state index in [1.165, 1.54) is 6.92 Å². The molecule has 0 fully saturated rings. The predicted molar refractivity (Wildman–Crippen MR) is 84.9 cm³/mol. The van der Waals surface area contributed by atoms with E-state index in [1.807, 2.05) is 26.0 Å². The van der Waals surface area contributed by atoms with Gasteiger partial charge in [0.05, 0.1) is 17.9 Å². The summed E-state index contributed by atoms with van der Waals surface area (Å²) in [7, 11) is 0.313. The minimum Gasteiger partial charge on any atom is -0.496 e. The quantitative estimate of drug-likeness (QED) is 0.640. The third-order valence-corrected chi connectivity index (χ3v) is 4.56. The number of esters is 1. The Morgan fingerprint density at radius 1 is 0.955 bits per heavy atom. The zero-order valence-corrected chi connectivity index (χ0v) is 13.8. The molecule has 0 spiro atoms. The minimum absolute atomic E-state index is 0.372. The van der Waals surface area contributed by atoms with Crippen molar-refractivity contribution in [3.8, 4) is 11.5 Å². The third kappa shape index (κ3) is 3.54. The van der Waals surface area contributed by atoms with Crippen molar-refractivity contribution in [2.75, 3.05) is 7.11 Å². The second-order valence-electron chi connectivity index (χ2n) is 4.92. The first kappa shape index (κ1) is 16.2. The summed E-state index contributed by atoms with van der Waals surface area (Å²) in [5.41, 5.74) is 1.70. The van der Waals surface area contributed by atoms with Gasteiger partial charge in [-0.05, 0) is 61.4 Å². The van der Waals surface area contributed by atoms with Crippen molar-refractivity contribution < 1.29 is 18.5 Å². The Hall–Kier alpha value is -2.14. The van der Waals surface area contributed by atoms with Crippen molar-refractivity contribution in [2.45, 2.75) is 30.6 Å². The van der Waals surface area contributed by atoms with Gasteiger partial charge < -0.3 is 9.47 Å². The van der Waals surface area contributed by atoms with Gasteiger partial charge in [0, 0.05) is 16.7 Å². The molecule has 0 saturated carbocycles. The lowest BCUT2D eigenvalue weighted by molar-refractivity contribution is -0.131. The maximum Gasteiger partial charge on any atom is 0.308 e. The van der Waals surface area contributed by atoms with Crippen LogP contribution in [-0.4, -0.2) is 17.3 Å². The molecule has 0 amide bonds. The molecule has 0 N–H and O–H groups in total. The molecule has 2 rings (SSSR count). The van der Waals surface area contributed by atoms with E-state index >= 15 is 0 Å². The van der Waals surface area contributed by atoms with Crippen LogP contribution < -0.4 is 9.47 Å². The Morgan fingerprint density at radius 2 is 1.45 bits per heavy atom. The lowest BCUT2D eigenvalue weighted by atomic mass is 10.2. The summed E-state index contributed by atoms with van der Waals surface area (Å²) in [6.45, 7) is 5.08. The van der Waals surface area contributed by atoms with Crippen molar-refractivity contribution in [2.24, 2.45) is 0 Å². The fourth-order valence-electron chi connectivity index (χ4n) is 2.11. The molecule has 0 aliphatic carbocycles. The van der Waals surface area contributed by atoms with Gasteiger partial charge in [-0.3, -0.25) is 4.79 Å². The number of hydrogen-bond acceptors (Lipinski definition) is 4. The fourth-order valence-corrected chi connectivity index (χ4v) is 3.33. The molecular formula is C17H18O4S. The van der Waals surface area contributed by atoms with Crippen LogP contribution in [-0.2, 0) is 15.6 Å². The first-order valence-corrected chi connectivity index (χ1v) is 7.93. The summed E-state index contributed by atoms with van der Waals surface area (Å²) < 4.78 is 22.9. The maximum atomic E-state index is 12.6. The number of carbonyl (C=O) groups is 1. The SMILES string of the molecule is COc1ccc(S(=O)c2ccc(OC(C)=O)c(C)c2)cc1C. The van der Waals surface area contributed by atoms with Crippen LogP contribution in [0.2, 0.25) is 0 Å². The summed E-state index contributed by atoms with van der Waals surface area (Å²) in [5, 5.41) is 0. The summed E-state index contributed by atoms with van der Waals surface area (Å²) in [6.07, 6.45) is 0. The number of hydrogen-bond donors (Lipinski definition) is 0. The highest BCUT2D eigenvalue weighted by Crippen LogP contribution is 2.26. The largest absolute Gasteiger partial charge is 0.496 e. The molecule has 2 aromatic carbocycles. The van der Waals surface area contributed by atoms with E-state index < -0.39 is 10.8 Å². The first-order chi connectivity index (χ1) is 10.4. The van der Waals surface area contributed by atoms with Gasteiger partial charge in [-0.2, -0.15) is 0 Å². The van der Waals surface area contributed by atoms with Gasteiger partial charge in [0.25, 0.3) is 0 Å². The van der Waals surface area contributed by atoms with Gasteiger partial charge >= 0.3 is 5.97 Å². The van der Waals surface area contributed by atoms with Crippen molar-refractivity contribution in [3.63, 3.8) is 0 Å². The van der Waals surface area contributed by atoms with E-state index in [4.69, 9.17) is 9.47 Å². The zero-order chi connectivity index (χ0) is 16.3. The van der Waals surface area contributed by atoms with E-state index in [1.54, 1.807) is 31.4 Å². The molecule has 1 atom stereocenters. The van der Waals surface area contributed by atoms with Gasteiger partial charge in [-0.25, -0.2) is 4.21 Å². The smallest absolute Gasteiger partial charge is 0.308 e. The molecule has 0 bridgehead atoms. The van der Waals surface area contributed by atoms with Crippen LogP contribution in [0.3, 0.4) is 0 Å². The Labute approximate surface area is 132 Å². The molecule has 0 aromatic heterocycles. The predicted octanol–water partition coefficient (Wildman–Crippen LogP) is 3.40. The average molecular weight is 318 g/mol. The number of aryl methyl sites for hydroxylation is 2. The lowest BCUT2D eigenvalue weighted by Gasteiger charge is -2.10. The van der Waals surface area contributed by atoms with E-state index in [9.17, 15) is 9.00 Å². The molecule has 0 heterocycles. The van der Waals surface area contributed by atoms with E-state index in [0.29, 0.717) is 15.5 Å². The number of methoxy groups -OCH3 is 1. The van der Waals surface area contributed by atoms with Gasteiger partial charge in [0.15, 0.2) is 0 Å². The maximum absolute atomic E-state index is 12.6. The van der Waals surface area contributed by atoms with Crippen molar-refractivity contribution >= 4 is 16.8 Å². The van der Waals surface area contributed by atoms with Crippen LogP contribution in [0.25, 0.3) is 0 Å². The minimum atomic E-state index is -1.29.